The molecule has 3 N–H and O–H groups in total. The number of hydrogen-bond donors (Lipinski definition) is 2. The largest absolute Gasteiger partial charge is 0.497 e. The number of aromatic nitrogens is 1. The zero-order valence-corrected chi connectivity index (χ0v) is 11.9. The molecule has 1 aliphatic carbocycles. The third-order valence-corrected chi connectivity index (χ3v) is 4.24. The SMILES string of the molecule is COc1ccc2ccnc(NCC3(CCN)CC3)c2c1. The van der Waals surface area contributed by atoms with E-state index < -0.39 is 0 Å². The first-order chi connectivity index (χ1) is 9.76. The van der Waals surface area contributed by atoms with E-state index in [1.165, 1.54) is 18.2 Å². The van der Waals surface area contributed by atoms with Crippen LogP contribution in [0.15, 0.2) is 30.5 Å². The van der Waals surface area contributed by atoms with Crippen molar-refractivity contribution >= 4 is 16.6 Å². The summed E-state index contributed by atoms with van der Waals surface area (Å²) in [6.45, 7) is 1.71. The van der Waals surface area contributed by atoms with Crippen LogP contribution in [0.4, 0.5) is 5.82 Å². The van der Waals surface area contributed by atoms with Gasteiger partial charge >= 0.3 is 0 Å². The molecule has 0 amide bonds. The Labute approximate surface area is 119 Å². The number of pyridine rings is 1. The summed E-state index contributed by atoms with van der Waals surface area (Å²) < 4.78 is 5.30. The molecule has 0 aliphatic heterocycles. The molecule has 1 fully saturated rings. The van der Waals surface area contributed by atoms with Crippen molar-refractivity contribution in [2.45, 2.75) is 19.3 Å². The van der Waals surface area contributed by atoms with Gasteiger partial charge in [-0.1, -0.05) is 6.07 Å². The van der Waals surface area contributed by atoms with E-state index in [2.05, 4.69) is 16.4 Å². The standard InChI is InChI=1S/C16H21N3O/c1-20-13-3-2-12-4-9-18-15(14(12)10-13)19-11-16(5-6-16)7-8-17/h2-4,9-10H,5-8,11,17H2,1H3,(H,18,19). The molecule has 1 saturated carbocycles. The summed E-state index contributed by atoms with van der Waals surface area (Å²) in [6.07, 6.45) is 5.48. The van der Waals surface area contributed by atoms with Gasteiger partial charge in [0.05, 0.1) is 7.11 Å². The molecule has 1 heterocycles. The van der Waals surface area contributed by atoms with E-state index in [1.54, 1.807) is 7.11 Å². The number of methoxy groups -OCH3 is 1. The topological polar surface area (TPSA) is 60.2 Å². The fraction of sp³-hybridized carbons (Fsp3) is 0.438. The van der Waals surface area contributed by atoms with E-state index in [0.717, 1.165) is 36.5 Å². The second-order valence-corrected chi connectivity index (χ2v) is 5.64. The average Bonchev–Trinajstić information content (AvgIpc) is 3.25. The predicted octanol–water partition coefficient (Wildman–Crippen LogP) is 2.78. The number of benzene rings is 1. The molecule has 0 saturated heterocycles. The molecule has 106 valence electrons. The maximum atomic E-state index is 5.69. The van der Waals surface area contributed by atoms with Crippen molar-refractivity contribution in [3.8, 4) is 5.75 Å². The van der Waals surface area contributed by atoms with Gasteiger partial charge in [-0.05, 0) is 54.8 Å². The second kappa shape index (κ2) is 5.29. The first-order valence-electron chi connectivity index (χ1n) is 7.13. The molecule has 0 bridgehead atoms. The van der Waals surface area contributed by atoms with E-state index >= 15 is 0 Å². The van der Waals surface area contributed by atoms with Crippen molar-refractivity contribution in [2.24, 2.45) is 11.1 Å². The molecule has 0 unspecified atom stereocenters. The summed E-state index contributed by atoms with van der Waals surface area (Å²) >= 11 is 0. The highest BCUT2D eigenvalue weighted by Gasteiger charge is 2.41. The zero-order valence-electron chi connectivity index (χ0n) is 11.9. The Morgan fingerprint density at radius 3 is 2.90 bits per heavy atom. The molecule has 1 aliphatic rings. The number of rotatable bonds is 6. The Balaban J connectivity index is 1.83. The first-order valence-corrected chi connectivity index (χ1v) is 7.13. The Hall–Kier alpha value is -1.81. The molecule has 1 aromatic carbocycles. The Kier molecular flexibility index (Phi) is 3.49. The van der Waals surface area contributed by atoms with Crippen LogP contribution in [0.3, 0.4) is 0 Å². The van der Waals surface area contributed by atoms with Gasteiger partial charge in [-0.2, -0.15) is 0 Å². The molecule has 4 nitrogen and oxygen atoms in total. The Morgan fingerprint density at radius 2 is 2.20 bits per heavy atom. The minimum atomic E-state index is 0.400. The smallest absolute Gasteiger partial charge is 0.133 e. The number of anilines is 1. The van der Waals surface area contributed by atoms with Gasteiger partial charge in [0.1, 0.15) is 11.6 Å². The number of ether oxygens (including phenoxy) is 1. The number of nitrogens with two attached hydrogens (primary N) is 1. The zero-order chi connectivity index (χ0) is 14.0. The monoisotopic (exact) mass is 271 g/mol. The number of nitrogens with zero attached hydrogens (tertiary/aromatic N) is 1. The molecule has 2 aromatic rings. The summed E-state index contributed by atoms with van der Waals surface area (Å²) in [7, 11) is 1.69. The highest BCUT2D eigenvalue weighted by atomic mass is 16.5. The van der Waals surface area contributed by atoms with Gasteiger partial charge in [-0.3, -0.25) is 0 Å². The maximum Gasteiger partial charge on any atom is 0.133 e. The Morgan fingerprint density at radius 1 is 1.35 bits per heavy atom. The highest BCUT2D eigenvalue weighted by Crippen LogP contribution is 2.48. The van der Waals surface area contributed by atoms with Gasteiger partial charge in [-0.15, -0.1) is 0 Å². The minimum absolute atomic E-state index is 0.400. The van der Waals surface area contributed by atoms with Crippen molar-refractivity contribution in [3.05, 3.63) is 30.5 Å². The molecule has 0 spiro atoms. The van der Waals surface area contributed by atoms with Gasteiger partial charge in [0.2, 0.25) is 0 Å². The summed E-state index contributed by atoms with van der Waals surface area (Å²) in [4.78, 5) is 4.48. The van der Waals surface area contributed by atoms with Gasteiger partial charge in [0.25, 0.3) is 0 Å². The first kappa shape index (κ1) is 13.2. The van der Waals surface area contributed by atoms with Crippen molar-refractivity contribution in [1.82, 2.24) is 4.98 Å². The summed E-state index contributed by atoms with van der Waals surface area (Å²) in [5.74, 6) is 1.79. The molecule has 3 rings (SSSR count). The lowest BCUT2D eigenvalue weighted by Crippen LogP contribution is -2.19. The van der Waals surface area contributed by atoms with E-state index in [1.807, 2.05) is 24.4 Å². The van der Waals surface area contributed by atoms with E-state index in [4.69, 9.17) is 10.5 Å². The average molecular weight is 271 g/mol. The normalized spacial score (nSPS) is 16.1. The van der Waals surface area contributed by atoms with Crippen LogP contribution in [0.2, 0.25) is 0 Å². The van der Waals surface area contributed by atoms with E-state index in [-0.39, 0.29) is 0 Å². The third-order valence-electron chi connectivity index (χ3n) is 4.24. The molecular formula is C16H21N3O. The van der Waals surface area contributed by atoms with Crippen LogP contribution in [0, 0.1) is 5.41 Å². The summed E-state index contributed by atoms with van der Waals surface area (Å²) in [6, 6.07) is 8.09. The number of nitrogens with one attached hydrogen (secondary N) is 1. The van der Waals surface area contributed by atoms with E-state index in [9.17, 15) is 0 Å². The van der Waals surface area contributed by atoms with Crippen LogP contribution in [-0.4, -0.2) is 25.2 Å². The molecule has 4 heteroatoms. The second-order valence-electron chi connectivity index (χ2n) is 5.64. The lowest BCUT2D eigenvalue weighted by Gasteiger charge is -2.16. The molecule has 20 heavy (non-hydrogen) atoms. The lowest BCUT2D eigenvalue weighted by molar-refractivity contribution is 0.415. The van der Waals surface area contributed by atoms with Gasteiger partial charge in [0.15, 0.2) is 0 Å². The van der Waals surface area contributed by atoms with Crippen LogP contribution >= 0.6 is 0 Å². The Bertz CT molecular complexity index is 608. The molecular weight excluding hydrogens is 250 g/mol. The fourth-order valence-corrected chi connectivity index (χ4v) is 2.68. The lowest BCUT2D eigenvalue weighted by atomic mass is 10.0. The van der Waals surface area contributed by atoms with Crippen LogP contribution < -0.4 is 15.8 Å². The number of hydrogen-bond acceptors (Lipinski definition) is 4. The van der Waals surface area contributed by atoms with Crippen LogP contribution in [0.1, 0.15) is 19.3 Å². The summed E-state index contributed by atoms with van der Waals surface area (Å²) in [5, 5.41) is 5.78. The minimum Gasteiger partial charge on any atom is -0.497 e. The van der Waals surface area contributed by atoms with Gasteiger partial charge in [0, 0.05) is 18.1 Å². The maximum absolute atomic E-state index is 5.69. The molecule has 0 atom stereocenters. The predicted molar refractivity (Wildman–Crippen MR) is 82.1 cm³/mol. The quantitative estimate of drug-likeness (QED) is 0.848. The summed E-state index contributed by atoms with van der Waals surface area (Å²) in [5.41, 5.74) is 6.09. The van der Waals surface area contributed by atoms with Crippen molar-refractivity contribution in [3.63, 3.8) is 0 Å². The molecule has 0 radical (unpaired) electrons. The van der Waals surface area contributed by atoms with Crippen LogP contribution in [0.5, 0.6) is 5.75 Å². The van der Waals surface area contributed by atoms with Crippen molar-refractivity contribution in [1.29, 1.82) is 0 Å². The molecule has 1 aromatic heterocycles. The van der Waals surface area contributed by atoms with E-state index in [0.29, 0.717) is 5.41 Å². The van der Waals surface area contributed by atoms with Crippen molar-refractivity contribution in [2.75, 3.05) is 25.5 Å². The third kappa shape index (κ3) is 2.56. The van der Waals surface area contributed by atoms with Crippen LogP contribution in [-0.2, 0) is 0 Å². The van der Waals surface area contributed by atoms with Gasteiger partial charge < -0.3 is 15.8 Å². The van der Waals surface area contributed by atoms with Gasteiger partial charge in [-0.25, -0.2) is 4.98 Å². The fourth-order valence-electron chi connectivity index (χ4n) is 2.68. The highest BCUT2D eigenvalue weighted by molar-refractivity contribution is 5.92. The number of fused-ring (bicyclic) bond motifs is 1. The van der Waals surface area contributed by atoms with Crippen molar-refractivity contribution < 1.29 is 4.74 Å². The van der Waals surface area contributed by atoms with Crippen LogP contribution in [0.25, 0.3) is 10.8 Å².